The Kier molecular flexibility index (Phi) is 5.20. The molecule has 1 aromatic carbocycles. The highest BCUT2D eigenvalue weighted by Crippen LogP contribution is 2.12. The van der Waals surface area contributed by atoms with E-state index >= 15 is 0 Å². The Labute approximate surface area is 112 Å². The Balaban J connectivity index is 1.75. The van der Waals surface area contributed by atoms with Crippen LogP contribution in [0.5, 0.6) is 5.75 Å². The van der Waals surface area contributed by atoms with Gasteiger partial charge in [-0.05, 0) is 47.4 Å². The fraction of sp³-hybridized carbons (Fsp3) is 0.286. The number of hydrogen-bond donors (Lipinski definition) is 2. The van der Waals surface area contributed by atoms with E-state index in [0.717, 1.165) is 18.6 Å². The zero-order valence-corrected chi connectivity index (χ0v) is 11.0. The van der Waals surface area contributed by atoms with Crippen molar-refractivity contribution in [2.45, 2.75) is 18.9 Å². The van der Waals surface area contributed by atoms with Gasteiger partial charge in [0.05, 0.1) is 6.04 Å². The molecule has 0 spiro atoms. The highest BCUT2D eigenvalue weighted by atomic mass is 32.1. The number of rotatable bonds is 7. The first-order valence-electron chi connectivity index (χ1n) is 6.03. The van der Waals surface area contributed by atoms with Crippen LogP contribution in [0.2, 0.25) is 0 Å². The molecule has 0 bridgehead atoms. The van der Waals surface area contributed by atoms with Crippen molar-refractivity contribution in [3.8, 4) is 5.75 Å². The molecule has 2 rings (SSSR count). The first-order chi connectivity index (χ1) is 8.88. The zero-order chi connectivity index (χ0) is 12.6. The summed E-state index contributed by atoms with van der Waals surface area (Å²) in [5.41, 5.74) is 4.17. The van der Waals surface area contributed by atoms with Gasteiger partial charge in [-0.15, -0.1) is 0 Å². The van der Waals surface area contributed by atoms with Crippen molar-refractivity contribution in [1.29, 1.82) is 0 Å². The third kappa shape index (κ3) is 4.14. The molecule has 0 fully saturated rings. The maximum absolute atomic E-state index is 5.69. The van der Waals surface area contributed by atoms with E-state index in [4.69, 9.17) is 10.6 Å². The molecule has 0 saturated heterocycles. The second kappa shape index (κ2) is 7.16. The average molecular weight is 262 g/mol. The molecule has 2 aromatic rings. The summed E-state index contributed by atoms with van der Waals surface area (Å²) < 4.78 is 5.69. The number of nitrogens with two attached hydrogens (primary N) is 1. The zero-order valence-electron chi connectivity index (χ0n) is 10.2. The Morgan fingerprint density at radius 3 is 2.72 bits per heavy atom. The molecular weight excluding hydrogens is 244 g/mol. The van der Waals surface area contributed by atoms with Crippen LogP contribution in [0.3, 0.4) is 0 Å². The third-order valence-corrected chi connectivity index (χ3v) is 3.52. The van der Waals surface area contributed by atoms with E-state index in [1.807, 2.05) is 30.3 Å². The van der Waals surface area contributed by atoms with Crippen LogP contribution in [0.15, 0.2) is 47.2 Å². The minimum Gasteiger partial charge on any atom is -0.492 e. The summed E-state index contributed by atoms with van der Waals surface area (Å²) in [6.45, 7) is 0.588. The molecule has 18 heavy (non-hydrogen) atoms. The Morgan fingerprint density at radius 2 is 2.06 bits per heavy atom. The average Bonchev–Trinajstić information content (AvgIpc) is 2.93. The van der Waals surface area contributed by atoms with Crippen molar-refractivity contribution >= 4 is 11.3 Å². The van der Waals surface area contributed by atoms with Gasteiger partial charge in [0, 0.05) is 0 Å². The lowest BCUT2D eigenvalue weighted by Crippen LogP contribution is -2.39. The lowest BCUT2D eigenvalue weighted by Gasteiger charge is -2.16. The normalized spacial score (nSPS) is 12.3. The second-order valence-corrected chi connectivity index (χ2v) is 4.94. The quantitative estimate of drug-likeness (QED) is 0.595. The van der Waals surface area contributed by atoms with E-state index in [-0.39, 0.29) is 6.04 Å². The molecule has 0 aliphatic carbocycles. The van der Waals surface area contributed by atoms with Crippen molar-refractivity contribution in [3.63, 3.8) is 0 Å². The van der Waals surface area contributed by atoms with Crippen LogP contribution in [-0.2, 0) is 6.42 Å². The molecule has 0 saturated carbocycles. The standard InChI is InChI=1S/C14H18N2OS/c15-16-13(7-6-12-8-9-18-11-12)10-17-14-4-2-1-3-5-14/h1-5,8-9,11,13,16H,6-7,10,15H2. The van der Waals surface area contributed by atoms with Gasteiger partial charge in [-0.2, -0.15) is 11.3 Å². The summed E-state index contributed by atoms with van der Waals surface area (Å²) in [4.78, 5) is 0. The number of thiophene rings is 1. The summed E-state index contributed by atoms with van der Waals surface area (Å²) in [7, 11) is 0. The molecule has 0 aliphatic rings. The lowest BCUT2D eigenvalue weighted by molar-refractivity contribution is 0.258. The van der Waals surface area contributed by atoms with E-state index in [9.17, 15) is 0 Å². The van der Waals surface area contributed by atoms with Gasteiger partial charge in [-0.1, -0.05) is 18.2 Å². The molecule has 4 heteroatoms. The summed E-state index contributed by atoms with van der Waals surface area (Å²) >= 11 is 1.73. The van der Waals surface area contributed by atoms with E-state index in [2.05, 4.69) is 22.3 Å². The van der Waals surface area contributed by atoms with Crippen LogP contribution in [-0.4, -0.2) is 12.6 Å². The summed E-state index contributed by atoms with van der Waals surface area (Å²) in [6, 6.07) is 12.1. The van der Waals surface area contributed by atoms with Crippen LogP contribution in [0, 0.1) is 0 Å². The van der Waals surface area contributed by atoms with Gasteiger partial charge in [0.1, 0.15) is 12.4 Å². The molecule has 0 amide bonds. The van der Waals surface area contributed by atoms with E-state index < -0.39 is 0 Å². The van der Waals surface area contributed by atoms with Crippen molar-refractivity contribution in [3.05, 3.63) is 52.7 Å². The highest BCUT2D eigenvalue weighted by Gasteiger charge is 2.08. The maximum Gasteiger partial charge on any atom is 0.119 e. The molecule has 96 valence electrons. The molecule has 3 nitrogen and oxygen atoms in total. The van der Waals surface area contributed by atoms with Crippen molar-refractivity contribution < 1.29 is 4.74 Å². The minimum atomic E-state index is 0.171. The SMILES string of the molecule is NNC(CCc1ccsc1)COc1ccccc1. The van der Waals surface area contributed by atoms with Gasteiger partial charge < -0.3 is 4.74 Å². The summed E-state index contributed by atoms with van der Waals surface area (Å²) in [6.07, 6.45) is 2.00. The number of benzene rings is 1. The summed E-state index contributed by atoms with van der Waals surface area (Å²) in [5, 5.41) is 4.27. The second-order valence-electron chi connectivity index (χ2n) is 4.16. The summed E-state index contributed by atoms with van der Waals surface area (Å²) in [5.74, 6) is 6.43. The number of hydrazine groups is 1. The monoisotopic (exact) mass is 262 g/mol. The molecule has 0 radical (unpaired) electrons. The Morgan fingerprint density at radius 1 is 1.22 bits per heavy atom. The lowest BCUT2D eigenvalue weighted by atomic mass is 10.1. The van der Waals surface area contributed by atoms with Gasteiger partial charge in [0.15, 0.2) is 0 Å². The maximum atomic E-state index is 5.69. The Hall–Kier alpha value is -1.36. The molecular formula is C14H18N2OS. The van der Waals surface area contributed by atoms with E-state index in [1.54, 1.807) is 11.3 Å². The first-order valence-corrected chi connectivity index (χ1v) is 6.98. The highest BCUT2D eigenvalue weighted by molar-refractivity contribution is 7.07. The van der Waals surface area contributed by atoms with Crippen LogP contribution < -0.4 is 16.0 Å². The van der Waals surface area contributed by atoms with Gasteiger partial charge >= 0.3 is 0 Å². The smallest absolute Gasteiger partial charge is 0.119 e. The molecule has 0 aliphatic heterocycles. The molecule has 1 unspecified atom stereocenters. The van der Waals surface area contributed by atoms with Crippen molar-refractivity contribution in [1.82, 2.24) is 5.43 Å². The van der Waals surface area contributed by atoms with Crippen LogP contribution >= 0.6 is 11.3 Å². The van der Waals surface area contributed by atoms with Crippen molar-refractivity contribution in [2.75, 3.05) is 6.61 Å². The molecule has 3 N–H and O–H groups in total. The number of aryl methyl sites for hydroxylation is 1. The Bertz CT molecular complexity index is 430. The minimum absolute atomic E-state index is 0.171. The number of nitrogens with one attached hydrogen (secondary N) is 1. The number of ether oxygens (including phenoxy) is 1. The number of hydrogen-bond acceptors (Lipinski definition) is 4. The largest absolute Gasteiger partial charge is 0.492 e. The molecule has 1 aromatic heterocycles. The predicted octanol–water partition coefficient (Wildman–Crippen LogP) is 2.59. The fourth-order valence-electron chi connectivity index (χ4n) is 1.70. The van der Waals surface area contributed by atoms with Crippen LogP contribution in [0.25, 0.3) is 0 Å². The van der Waals surface area contributed by atoms with E-state index in [0.29, 0.717) is 6.61 Å². The van der Waals surface area contributed by atoms with Gasteiger partial charge in [-0.3, -0.25) is 11.3 Å². The van der Waals surface area contributed by atoms with Gasteiger partial charge in [0.25, 0.3) is 0 Å². The van der Waals surface area contributed by atoms with E-state index in [1.165, 1.54) is 5.56 Å². The molecule has 1 atom stereocenters. The fourth-order valence-corrected chi connectivity index (χ4v) is 2.41. The topological polar surface area (TPSA) is 47.3 Å². The van der Waals surface area contributed by atoms with Gasteiger partial charge in [-0.25, -0.2) is 0 Å². The van der Waals surface area contributed by atoms with Crippen LogP contribution in [0.4, 0.5) is 0 Å². The molecule has 1 heterocycles. The van der Waals surface area contributed by atoms with Gasteiger partial charge in [0.2, 0.25) is 0 Å². The third-order valence-electron chi connectivity index (χ3n) is 2.79. The van der Waals surface area contributed by atoms with Crippen LogP contribution in [0.1, 0.15) is 12.0 Å². The predicted molar refractivity (Wildman–Crippen MR) is 75.7 cm³/mol. The van der Waals surface area contributed by atoms with Crippen molar-refractivity contribution in [2.24, 2.45) is 5.84 Å². The first kappa shape index (κ1) is 13.1. The number of para-hydroxylation sites is 1.